The van der Waals surface area contributed by atoms with E-state index in [9.17, 15) is 4.39 Å². The summed E-state index contributed by atoms with van der Waals surface area (Å²) in [6, 6.07) is 10.5. The first-order valence-corrected chi connectivity index (χ1v) is 6.82. The first kappa shape index (κ1) is 14.0. The fourth-order valence-corrected chi connectivity index (χ4v) is 2.09. The minimum absolute atomic E-state index is 0.339. The van der Waals surface area contributed by atoms with Crippen molar-refractivity contribution in [3.05, 3.63) is 57.8 Å². The van der Waals surface area contributed by atoms with Crippen molar-refractivity contribution in [2.24, 2.45) is 5.73 Å². The van der Waals surface area contributed by atoms with Crippen molar-refractivity contribution < 1.29 is 9.13 Å². The Kier molecular flexibility index (Phi) is 4.56. The standard InChI is InChI=1S/C15H15BrFNO/c1-10-8-12(3-2-11(10)6-7-18)19-13-4-5-14(16)15(17)9-13/h2-5,8-9H,6-7,18H2,1H3. The number of hydrogen-bond acceptors (Lipinski definition) is 2. The van der Waals surface area contributed by atoms with Crippen molar-refractivity contribution in [2.45, 2.75) is 13.3 Å². The molecule has 0 aliphatic heterocycles. The van der Waals surface area contributed by atoms with Gasteiger partial charge in [-0.25, -0.2) is 4.39 Å². The van der Waals surface area contributed by atoms with Gasteiger partial charge in [0.2, 0.25) is 0 Å². The molecule has 2 aromatic rings. The summed E-state index contributed by atoms with van der Waals surface area (Å²) in [5, 5.41) is 0. The predicted octanol–water partition coefficient (Wildman–Crippen LogP) is 4.19. The Hall–Kier alpha value is -1.39. The lowest BCUT2D eigenvalue weighted by Gasteiger charge is -2.10. The van der Waals surface area contributed by atoms with Crippen molar-refractivity contribution in [3.8, 4) is 11.5 Å². The van der Waals surface area contributed by atoms with Crippen LogP contribution in [0.1, 0.15) is 11.1 Å². The molecule has 0 saturated carbocycles. The molecular formula is C15H15BrFNO. The van der Waals surface area contributed by atoms with Crippen molar-refractivity contribution in [3.63, 3.8) is 0 Å². The van der Waals surface area contributed by atoms with Gasteiger partial charge in [0.1, 0.15) is 17.3 Å². The molecule has 0 aromatic heterocycles. The van der Waals surface area contributed by atoms with E-state index in [4.69, 9.17) is 10.5 Å². The van der Waals surface area contributed by atoms with E-state index in [0.717, 1.165) is 12.0 Å². The molecule has 0 amide bonds. The molecule has 4 heteroatoms. The first-order valence-electron chi connectivity index (χ1n) is 6.02. The topological polar surface area (TPSA) is 35.2 Å². The Bertz CT molecular complexity index is 586. The van der Waals surface area contributed by atoms with E-state index in [0.29, 0.717) is 22.5 Å². The summed E-state index contributed by atoms with van der Waals surface area (Å²) in [6.45, 7) is 2.64. The van der Waals surface area contributed by atoms with Crippen LogP contribution in [0.5, 0.6) is 11.5 Å². The Morgan fingerprint density at radius 2 is 1.84 bits per heavy atom. The highest BCUT2D eigenvalue weighted by atomic mass is 79.9. The van der Waals surface area contributed by atoms with Crippen molar-refractivity contribution >= 4 is 15.9 Å². The van der Waals surface area contributed by atoms with Gasteiger partial charge in [-0.15, -0.1) is 0 Å². The van der Waals surface area contributed by atoms with Crippen molar-refractivity contribution in [1.29, 1.82) is 0 Å². The van der Waals surface area contributed by atoms with E-state index >= 15 is 0 Å². The van der Waals surface area contributed by atoms with Crippen LogP contribution in [0.25, 0.3) is 0 Å². The maximum atomic E-state index is 13.4. The molecule has 2 N–H and O–H groups in total. The fourth-order valence-electron chi connectivity index (χ4n) is 1.84. The van der Waals surface area contributed by atoms with Crippen LogP contribution in [0.15, 0.2) is 40.9 Å². The molecule has 0 spiro atoms. The third-order valence-corrected chi connectivity index (χ3v) is 3.50. The Morgan fingerprint density at radius 1 is 1.16 bits per heavy atom. The summed E-state index contributed by atoms with van der Waals surface area (Å²) in [7, 11) is 0. The van der Waals surface area contributed by atoms with E-state index in [-0.39, 0.29) is 5.82 Å². The van der Waals surface area contributed by atoms with Crippen LogP contribution < -0.4 is 10.5 Å². The minimum Gasteiger partial charge on any atom is -0.457 e. The Labute approximate surface area is 120 Å². The number of hydrogen-bond donors (Lipinski definition) is 1. The van der Waals surface area contributed by atoms with Gasteiger partial charge < -0.3 is 10.5 Å². The zero-order chi connectivity index (χ0) is 13.8. The summed E-state index contributed by atoms with van der Waals surface area (Å²) in [5.41, 5.74) is 7.88. The second-order valence-electron chi connectivity index (χ2n) is 4.30. The largest absolute Gasteiger partial charge is 0.457 e. The van der Waals surface area contributed by atoms with Gasteiger partial charge in [0, 0.05) is 6.07 Å². The summed E-state index contributed by atoms with van der Waals surface area (Å²) in [5.74, 6) is 0.834. The van der Waals surface area contributed by atoms with Gasteiger partial charge in [0.05, 0.1) is 4.47 Å². The molecule has 0 saturated heterocycles. The summed E-state index contributed by atoms with van der Waals surface area (Å²) >= 11 is 3.11. The lowest BCUT2D eigenvalue weighted by Crippen LogP contribution is -2.04. The molecule has 0 atom stereocenters. The van der Waals surface area contributed by atoms with E-state index in [1.165, 1.54) is 11.6 Å². The summed E-state index contributed by atoms with van der Waals surface area (Å²) < 4.78 is 19.4. The van der Waals surface area contributed by atoms with E-state index in [1.54, 1.807) is 12.1 Å². The molecule has 0 heterocycles. The summed E-state index contributed by atoms with van der Waals surface area (Å²) in [6.07, 6.45) is 0.846. The second kappa shape index (κ2) is 6.17. The molecule has 0 bridgehead atoms. The number of benzene rings is 2. The van der Waals surface area contributed by atoms with E-state index < -0.39 is 0 Å². The van der Waals surface area contributed by atoms with Crippen LogP contribution in [0.2, 0.25) is 0 Å². The van der Waals surface area contributed by atoms with Crippen LogP contribution in [0.3, 0.4) is 0 Å². The number of aryl methyl sites for hydroxylation is 1. The minimum atomic E-state index is -0.339. The van der Waals surface area contributed by atoms with Crippen LogP contribution >= 0.6 is 15.9 Å². The molecule has 2 rings (SSSR count). The lowest BCUT2D eigenvalue weighted by atomic mass is 10.1. The van der Waals surface area contributed by atoms with Gasteiger partial charge in [-0.2, -0.15) is 0 Å². The monoisotopic (exact) mass is 323 g/mol. The number of rotatable bonds is 4. The molecule has 0 aliphatic rings. The second-order valence-corrected chi connectivity index (χ2v) is 5.16. The first-order chi connectivity index (χ1) is 9.10. The number of halogens is 2. The highest BCUT2D eigenvalue weighted by Gasteiger charge is 2.04. The average molecular weight is 324 g/mol. The quantitative estimate of drug-likeness (QED) is 0.915. The van der Waals surface area contributed by atoms with Gasteiger partial charge in [-0.3, -0.25) is 0 Å². The Morgan fingerprint density at radius 3 is 2.47 bits per heavy atom. The molecule has 19 heavy (non-hydrogen) atoms. The highest BCUT2D eigenvalue weighted by Crippen LogP contribution is 2.27. The zero-order valence-corrected chi connectivity index (χ0v) is 12.2. The van der Waals surface area contributed by atoms with Gasteiger partial charge in [-0.1, -0.05) is 6.07 Å². The third kappa shape index (κ3) is 3.55. The van der Waals surface area contributed by atoms with Gasteiger partial charge in [0.25, 0.3) is 0 Å². The maximum Gasteiger partial charge on any atom is 0.141 e. The number of nitrogens with two attached hydrogens (primary N) is 1. The number of ether oxygens (including phenoxy) is 1. The zero-order valence-electron chi connectivity index (χ0n) is 10.6. The normalized spacial score (nSPS) is 10.5. The third-order valence-electron chi connectivity index (χ3n) is 2.85. The smallest absolute Gasteiger partial charge is 0.141 e. The SMILES string of the molecule is Cc1cc(Oc2ccc(Br)c(F)c2)ccc1CCN. The molecule has 2 aromatic carbocycles. The van der Waals surface area contributed by atoms with Gasteiger partial charge in [-0.05, 0) is 71.2 Å². The van der Waals surface area contributed by atoms with Gasteiger partial charge >= 0.3 is 0 Å². The average Bonchev–Trinajstić information content (AvgIpc) is 2.37. The fraction of sp³-hybridized carbons (Fsp3) is 0.200. The predicted molar refractivity (Wildman–Crippen MR) is 78.1 cm³/mol. The van der Waals surface area contributed by atoms with Crippen LogP contribution in [0.4, 0.5) is 4.39 Å². The lowest BCUT2D eigenvalue weighted by molar-refractivity contribution is 0.475. The van der Waals surface area contributed by atoms with Crippen molar-refractivity contribution in [2.75, 3.05) is 6.54 Å². The molecule has 0 unspecified atom stereocenters. The van der Waals surface area contributed by atoms with E-state index in [2.05, 4.69) is 15.9 Å². The maximum absolute atomic E-state index is 13.4. The molecule has 0 radical (unpaired) electrons. The highest BCUT2D eigenvalue weighted by molar-refractivity contribution is 9.10. The molecule has 2 nitrogen and oxygen atoms in total. The molecule has 0 fully saturated rings. The van der Waals surface area contributed by atoms with Crippen molar-refractivity contribution in [1.82, 2.24) is 0 Å². The Balaban J connectivity index is 2.19. The molecular weight excluding hydrogens is 309 g/mol. The van der Waals surface area contributed by atoms with Crippen LogP contribution in [-0.4, -0.2) is 6.54 Å². The summed E-state index contributed by atoms with van der Waals surface area (Å²) in [4.78, 5) is 0. The van der Waals surface area contributed by atoms with Gasteiger partial charge in [0.15, 0.2) is 0 Å². The molecule has 100 valence electrons. The van der Waals surface area contributed by atoms with Crippen LogP contribution in [-0.2, 0) is 6.42 Å². The van der Waals surface area contributed by atoms with Crippen LogP contribution in [0, 0.1) is 12.7 Å². The van der Waals surface area contributed by atoms with E-state index in [1.807, 2.05) is 25.1 Å². The molecule has 0 aliphatic carbocycles.